The molecule has 3 heterocycles. The van der Waals surface area contributed by atoms with Gasteiger partial charge in [0.1, 0.15) is 5.60 Å². The molecule has 0 unspecified atom stereocenters. The molecular formula is C17H24N4O3. The molecule has 1 N–H and O–H groups in total. The molecule has 0 saturated carbocycles. The normalized spacial score (nSPS) is 16.4. The summed E-state index contributed by atoms with van der Waals surface area (Å²) in [5.74, 6) is 0.407. The summed E-state index contributed by atoms with van der Waals surface area (Å²) in [4.78, 5) is 25.4. The summed E-state index contributed by atoms with van der Waals surface area (Å²) in [7, 11) is 0. The molecular weight excluding hydrogens is 308 g/mol. The first kappa shape index (κ1) is 16.5. The number of fused-ring (bicyclic) bond motifs is 1. The van der Waals surface area contributed by atoms with Crippen molar-refractivity contribution in [2.75, 3.05) is 19.7 Å². The Kier molecular flexibility index (Phi) is 4.59. The van der Waals surface area contributed by atoms with E-state index in [1.54, 1.807) is 11.1 Å². The van der Waals surface area contributed by atoms with Crippen LogP contribution >= 0.6 is 0 Å². The third-order valence-corrected chi connectivity index (χ3v) is 3.96. The predicted octanol–water partition coefficient (Wildman–Crippen LogP) is 2.98. The van der Waals surface area contributed by atoms with Gasteiger partial charge in [-0.25, -0.2) is 9.78 Å². The van der Waals surface area contributed by atoms with Crippen LogP contribution in [0.25, 0.3) is 11.2 Å². The zero-order valence-corrected chi connectivity index (χ0v) is 14.4. The summed E-state index contributed by atoms with van der Waals surface area (Å²) in [6.45, 7) is 7.63. The molecule has 1 amide bonds. The zero-order valence-electron chi connectivity index (χ0n) is 14.4. The highest BCUT2D eigenvalue weighted by atomic mass is 16.6. The molecule has 0 atom stereocenters. The van der Waals surface area contributed by atoms with E-state index in [1.165, 1.54) is 0 Å². The van der Waals surface area contributed by atoms with Gasteiger partial charge in [0.25, 0.3) is 6.01 Å². The van der Waals surface area contributed by atoms with Crippen molar-refractivity contribution in [2.24, 2.45) is 5.92 Å². The number of aromatic amines is 1. The summed E-state index contributed by atoms with van der Waals surface area (Å²) in [6, 6.07) is 4.27. The number of hydrogen-bond donors (Lipinski definition) is 1. The molecule has 3 rings (SSSR count). The lowest BCUT2D eigenvalue weighted by atomic mass is 9.98. The summed E-state index contributed by atoms with van der Waals surface area (Å²) in [5.41, 5.74) is 1.08. The Balaban J connectivity index is 1.46. The molecule has 0 spiro atoms. The van der Waals surface area contributed by atoms with Crippen LogP contribution < -0.4 is 4.74 Å². The third-order valence-electron chi connectivity index (χ3n) is 3.96. The monoisotopic (exact) mass is 332 g/mol. The molecule has 7 heteroatoms. The van der Waals surface area contributed by atoms with Gasteiger partial charge in [0.2, 0.25) is 0 Å². The van der Waals surface area contributed by atoms with E-state index in [4.69, 9.17) is 9.47 Å². The highest BCUT2D eigenvalue weighted by Gasteiger charge is 2.27. The van der Waals surface area contributed by atoms with Crippen LogP contribution in [0, 0.1) is 5.92 Å². The first-order valence-corrected chi connectivity index (χ1v) is 8.32. The average Bonchev–Trinajstić information content (AvgIpc) is 2.94. The molecule has 2 aromatic rings. The van der Waals surface area contributed by atoms with Crippen LogP contribution in [0.3, 0.4) is 0 Å². The van der Waals surface area contributed by atoms with Crippen molar-refractivity contribution in [3.63, 3.8) is 0 Å². The standard InChI is InChI=1S/C17H24N4O3/c1-17(2,3)24-16(22)21-9-6-12(7-10-21)11-23-15-19-13-5-4-8-18-14(13)20-15/h4-5,8,12H,6-7,9-11H2,1-3H3,(H,18,19,20). The Morgan fingerprint density at radius 3 is 2.79 bits per heavy atom. The number of imidazole rings is 1. The van der Waals surface area contributed by atoms with E-state index in [0.717, 1.165) is 18.4 Å². The molecule has 0 bridgehead atoms. The predicted molar refractivity (Wildman–Crippen MR) is 89.9 cm³/mol. The maximum atomic E-state index is 12.0. The summed E-state index contributed by atoms with van der Waals surface area (Å²) in [5, 5.41) is 0. The molecule has 0 aliphatic carbocycles. The molecule has 1 aliphatic rings. The second-order valence-electron chi connectivity index (χ2n) is 7.14. The number of H-pyrrole nitrogens is 1. The molecule has 7 nitrogen and oxygen atoms in total. The van der Waals surface area contributed by atoms with Crippen LogP contribution in [0.2, 0.25) is 0 Å². The second-order valence-corrected chi connectivity index (χ2v) is 7.14. The molecule has 24 heavy (non-hydrogen) atoms. The SMILES string of the molecule is CC(C)(C)OC(=O)N1CCC(COc2nc3ncccc3[nH]2)CC1. The van der Waals surface area contributed by atoms with E-state index in [2.05, 4.69) is 15.0 Å². The minimum absolute atomic E-state index is 0.231. The Labute approximate surface area is 141 Å². The van der Waals surface area contributed by atoms with Gasteiger partial charge in [-0.05, 0) is 51.7 Å². The highest BCUT2D eigenvalue weighted by molar-refractivity contribution is 5.70. The molecule has 0 aromatic carbocycles. The van der Waals surface area contributed by atoms with Crippen molar-refractivity contribution in [2.45, 2.75) is 39.2 Å². The maximum Gasteiger partial charge on any atom is 0.410 e. The van der Waals surface area contributed by atoms with Crippen molar-refractivity contribution in [3.8, 4) is 6.01 Å². The van der Waals surface area contributed by atoms with Crippen LogP contribution in [0.4, 0.5) is 4.79 Å². The first-order valence-electron chi connectivity index (χ1n) is 8.32. The number of carbonyl (C=O) groups is 1. The van der Waals surface area contributed by atoms with E-state index in [0.29, 0.717) is 37.3 Å². The fourth-order valence-corrected chi connectivity index (χ4v) is 2.70. The van der Waals surface area contributed by atoms with Crippen molar-refractivity contribution >= 4 is 17.3 Å². The number of carbonyl (C=O) groups excluding carboxylic acids is 1. The Morgan fingerprint density at radius 1 is 1.38 bits per heavy atom. The van der Waals surface area contributed by atoms with Gasteiger partial charge in [0.05, 0.1) is 12.1 Å². The number of aromatic nitrogens is 3. The van der Waals surface area contributed by atoms with Gasteiger partial charge in [-0.3, -0.25) is 0 Å². The Morgan fingerprint density at radius 2 is 2.12 bits per heavy atom. The van der Waals surface area contributed by atoms with E-state index < -0.39 is 5.60 Å². The molecule has 1 fully saturated rings. The maximum absolute atomic E-state index is 12.0. The van der Waals surface area contributed by atoms with Gasteiger partial charge in [-0.15, -0.1) is 0 Å². The fraction of sp³-hybridized carbons (Fsp3) is 0.588. The molecule has 2 aromatic heterocycles. The molecule has 130 valence electrons. The van der Waals surface area contributed by atoms with Crippen LogP contribution in [-0.4, -0.2) is 51.2 Å². The van der Waals surface area contributed by atoms with Crippen LogP contribution in [0.5, 0.6) is 6.01 Å². The lowest BCUT2D eigenvalue weighted by Gasteiger charge is -2.33. The van der Waals surface area contributed by atoms with Gasteiger partial charge in [-0.2, -0.15) is 4.98 Å². The minimum atomic E-state index is -0.452. The lowest BCUT2D eigenvalue weighted by Crippen LogP contribution is -2.42. The number of nitrogens with one attached hydrogen (secondary N) is 1. The summed E-state index contributed by atoms with van der Waals surface area (Å²) < 4.78 is 11.2. The fourth-order valence-electron chi connectivity index (χ4n) is 2.70. The largest absolute Gasteiger partial charge is 0.464 e. The molecule has 0 radical (unpaired) electrons. The highest BCUT2D eigenvalue weighted by Crippen LogP contribution is 2.21. The number of nitrogens with zero attached hydrogens (tertiary/aromatic N) is 3. The van der Waals surface area contributed by atoms with E-state index >= 15 is 0 Å². The zero-order chi connectivity index (χ0) is 17.2. The number of hydrogen-bond acceptors (Lipinski definition) is 5. The third kappa shape index (κ3) is 4.15. The Bertz CT molecular complexity index is 666. The van der Waals surface area contributed by atoms with Crippen molar-refractivity contribution in [3.05, 3.63) is 18.3 Å². The van der Waals surface area contributed by atoms with Gasteiger partial charge in [0.15, 0.2) is 5.65 Å². The number of piperidine rings is 1. The number of ether oxygens (including phenoxy) is 2. The quantitative estimate of drug-likeness (QED) is 0.934. The topological polar surface area (TPSA) is 80.3 Å². The first-order chi connectivity index (χ1) is 11.4. The average molecular weight is 332 g/mol. The molecule has 1 aliphatic heterocycles. The number of likely N-dealkylation sites (tertiary alicyclic amines) is 1. The van der Waals surface area contributed by atoms with Crippen LogP contribution in [0.1, 0.15) is 33.6 Å². The van der Waals surface area contributed by atoms with Crippen LogP contribution in [-0.2, 0) is 4.74 Å². The van der Waals surface area contributed by atoms with E-state index in [1.807, 2.05) is 32.9 Å². The number of pyridine rings is 1. The molecule has 1 saturated heterocycles. The van der Waals surface area contributed by atoms with Gasteiger partial charge in [-0.1, -0.05) is 0 Å². The van der Waals surface area contributed by atoms with Crippen molar-refractivity contribution in [1.82, 2.24) is 19.9 Å². The Hall–Kier alpha value is -2.31. The number of amides is 1. The minimum Gasteiger partial charge on any atom is -0.464 e. The van der Waals surface area contributed by atoms with Gasteiger partial charge in [0, 0.05) is 19.3 Å². The summed E-state index contributed by atoms with van der Waals surface area (Å²) >= 11 is 0. The smallest absolute Gasteiger partial charge is 0.410 e. The van der Waals surface area contributed by atoms with E-state index in [9.17, 15) is 4.79 Å². The summed E-state index contributed by atoms with van der Waals surface area (Å²) in [6.07, 6.45) is 3.28. The van der Waals surface area contributed by atoms with Crippen molar-refractivity contribution in [1.29, 1.82) is 0 Å². The van der Waals surface area contributed by atoms with Crippen LogP contribution in [0.15, 0.2) is 18.3 Å². The van der Waals surface area contributed by atoms with Crippen molar-refractivity contribution < 1.29 is 14.3 Å². The van der Waals surface area contributed by atoms with Gasteiger partial charge >= 0.3 is 6.09 Å². The second kappa shape index (κ2) is 6.67. The lowest BCUT2D eigenvalue weighted by molar-refractivity contribution is 0.0163. The van der Waals surface area contributed by atoms with E-state index in [-0.39, 0.29) is 6.09 Å². The number of rotatable bonds is 3. The van der Waals surface area contributed by atoms with Gasteiger partial charge < -0.3 is 19.4 Å².